The fourth-order valence-corrected chi connectivity index (χ4v) is 2.56. The Hall–Kier alpha value is -1.98. The summed E-state index contributed by atoms with van der Waals surface area (Å²) in [6, 6.07) is -0.369. The van der Waals surface area contributed by atoms with Gasteiger partial charge in [0.25, 0.3) is 0 Å². The van der Waals surface area contributed by atoms with E-state index in [-0.39, 0.29) is 17.4 Å². The monoisotopic (exact) mass is 246 g/mol. The van der Waals surface area contributed by atoms with Crippen molar-refractivity contribution in [1.82, 2.24) is 14.9 Å². The molecule has 2 aliphatic rings. The molecule has 18 heavy (non-hydrogen) atoms. The smallest absolute Gasteiger partial charge is 0.248 e. The SMILES string of the molecule is O=CN1CC2(CC2)CC1C(=O)Nc1cnccn1. The lowest BCUT2D eigenvalue weighted by atomic mass is 10.0. The molecule has 94 valence electrons. The molecule has 3 rings (SSSR count). The molecule has 1 saturated heterocycles. The van der Waals surface area contributed by atoms with Crippen LogP contribution in [0.4, 0.5) is 5.82 Å². The summed E-state index contributed by atoms with van der Waals surface area (Å²) in [6.45, 7) is 0.703. The number of hydrogen-bond acceptors (Lipinski definition) is 4. The number of nitrogens with zero attached hydrogens (tertiary/aromatic N) is 3. The maximum absolute atomic E-state index is 12.1. The standard InChI is InChI=1S/C12H14N4O2/c17-8-16-7-12(1-2-12)5-9(16)11(18)15-10-6-13-3-4-14-10/h3-4,6,8-9H,1-2,5,7H2,(H,14,15,18). The average Bonchev–Trinajstić information content (AvgIpc) is 3.02. The number of carbonyl (C=O) groups excluding carboxylic acids is 2. The van der Waals surface area contributed by atoms with E-state index in [9.17, 15) is 9.59 Å². The van der Waals surface area contributed by atoms with Gasteiger partial charge in [-0.2, -0.15) is 0 Å². The molecule has 2 heterocycles. The molecule has 0 radical (unpaired) electrons. The van der Waals surface area contributed by atoms with Gasteiger partial charge in [0, 0.05) is 18.9 Å². The van der Waals surface area contributed by atoms with E-state index >= 15 is 0 Å². The van der Waals surface area contributed by atoms with Crippen molar-refractivity contribution in [3.05, 3.63) is 18.6 Å². The van der Waals surface area contributed by atoms with Crippen molar-refractivity contribution in [2.24, 2.45) is 5.41 Å². The quantitative estimate of drug-likeness (QED) is 0.784. The van der Waals surface area contributed by atoms with Gasteiger partial charge in [0.05, 0.1) is 6.20 Å². The highest BCUT2D eigenvalue weighted by molar-refractivity contribution is 5.95. The van der Waals surface area contributed by atoms with Crippen molar-refractivity contribution in [3.8, 4) is 0 Å². The van der Waals surface area contributed by atoms with E-state index in [4.69, 9.17) is 0 Å². The summed E-state index contributed by atoms with van der Waals surface area (Å²) in [4.78, 5) is 32.6. The molecule has 1 atom stereocenters. The van der Waals surface area contributed by atoms with E-state index in [0.29, 0.717) is 12.4 Å². The lowest BCUT2D eigenvalue weighted by Crippen LogP contribution is -2.38. The van der Waals surface area contributed by atoms with E-state index in [1.165, 1.54) is 12.4 Å². The van der Waals surface area contributed by atoms with Crippen LogP contribution in [0.5, 0.6) is 0 Å². The number of rotatable bonds is 3. The van der Waals surface area contributed by atoms with E-state index in [0.717, 1.165) is 25.7 Å². The Morgan fingerprint density at radius 2 is 2.33 bits per heavy atom. The van der Waals surface area contributed by atoms with Crippen LogP contribution < -0.4 is 5.32 Å². The molecule has 1 spiro atoms. The Bertz CT molecular complexity index is 472. The minimum Gasteiger partial charge on any atom is -0.333 e. The van der Waals surface area contributed by atoms with Crippen molar-refractivity contribution >= 4 is 18.1 Å². The van der Waals surface area contributed by atoms with Crippen molar-refractivity contribution in [3.63, 3.8) is 0 Å². The topological polar surface area (TPSA) is 75.2 Å². The zero-order valence-corrected chi connectivity index (χ0v) is 9.87. The summed E-state index contributed by atoms with van der Waals surface area (Å²) in [5, 5.41) is 2.70. The third-order valence-electron chi connectivity index (χ3n) is 3.75. The second-order valence-electron chi connectivity index (χ2n) is 5.08. The van der Waals surface area contributed by atoms with Crippen LogP contribution in [0.3, 0.4) is 0 Å². The van der Waals surface area contributed by atoms with E-state index in [1.807, 2.05) is 0 Å². The maximum Gasteiger partial charge on any atom is 0.248 e. The molecule has 1 N–H and O–H groups in total. The minimum absolute atomic E-state index is 0.175. The second-order valence-corrected chi connectivity index (χ2v) is 5.08. The molecule has 1 aliphatic carbocycles. The first-order valence-corrected chi connectivity index (χ1v) is 6.00. The summed E-state index contributed by atoms with van der Waals surface area (Å²) in [5.74, 6) is 0.247. The first-order valence-electron chi connectivity index (χ1n) is 6.00. The van der Waals surface area contributed by atoms with E-state index in [1.54, 1.807) is 11.1 Å². The Labute approximate surface area is 104 Å². The van der Waals surface area contributed by atoms with Gasteiger partial charge in [-0.1, -0.05) is 0 Å². The summed E-state index contributed by atoms with van der Waals surface area (Å²) < 4.78 is 0. The Morgan fingerprint density at radius 3 is 2.94 bits per heavy atom. The first kappa shape index (κ1) is 11.1. The van der Waals surface area contributed by atoms with Crippen molar-refractivity contribution in [1.29, 1.82) is 0 Å². The average molecular weight is 246 g/mol. The van der Waals surface area contributed by atoms with Gasteiger partial charge in [-0.25, -0.2) is 4.98 Å². The third-order valence-corrected chi connectivity index (χ3v) is 3.75. The van der Waals surface area contributed by atoms with Crippen LogP contribution in [-0.2, 0) is 9.59 Å². The van der Waals surface area contributed by atoms with Gasteiger partial charge < -0.3 is 10.2 Å². The largest absolute Gasteiger partial charge is 0.333 e. The Morgan fingerprint density at radius 1 is 1.50 bits per heavy atom. The van der Waals surface area contributed by atoms with Crippen LogP contribution in [-0.4, -0.2) is 39.8 Å². The van der Waals surface area contributed by atoms with Crippen LogP contribution in [0.1, 0.15) is 19.3 Å². The predicted molar refractivity (Wildman–Crippen MR) is 63.5 cm³/mol. The molecule has 1 saturated carbocycles. The highest BCUT2D eigenvalue weighted by Gasteiger charge is 2.53. The van der Waals surface area contributed by atoms with Gasteiger partial charge in [-0.05, 0) is 24.7 Å². The Balaban J connectivity index is 1.70. The molecule has 2 amide bonds. The first-order chi connectivity index (χ1) is 8.72. The number of nitrogens with one attached hydrogen (secondary N) is 1. The lowest BCUT2D eigenvalue weighted by Gasteiger charge is -2.18. The Kier molecular flexibility index (Phi) is 2.50. The van der Waals surface area contributed by atoms with Crippen molar-refractivity contribution in [2.75, 3.05) is 11.9 Å². The molecule has 0 bridgehead atoms. The minimum atomic E-state index is -0.369. The van der Waals surface area contributed by atoms with Gasteiger partial charge in [-0.3, -0.25) is 14.6 Å². The fraction of sp³-hybridized carbons (Fsp3) is 0.500. The van der Waals surface area contributed by atoms with Gasteiger partial charge >= 0.3 is 0 Å². The molecule has 2 fully saturated rings. The lowest BCUT2D eigenvalue weighted by molar-refractivity contribution is -0.127. The molecular weight excluding hydrogens is 232 g/mol. The van der Waals surface area contributed by atoms with Gasteiger partial charge in [0.15, 0.2) is 5.82 Å². The van der Waals surface area contributed by atoms with E-state index in [2.05, 4.69) is 15.3 Å². The van der Waals surface area contributed by atoms with Crippen LogP contribution in [0.15, 0.2) is 18.6 Å². The molecule has 1 aromatic rings. The summed E-state index contributed by atoms with van der Waals surface area (Å²) in [7, 11) is 0. The summed E-state index contributed by atoms with van der Waals surface area (Å²) >= 11 is 0. The number of amides is 2. The van der Waals surface area contributed by atoms with Crippen LogP contribution >= 0.6 is 0 Å². The molecule has 0 aromatic carbocycles. The van der Waals surface area contributed by atoms with Crippen LogP contribution in [0.25, 0.3) is 0 Å². The van der Waals surface area contributed by atoms with Crippen LogP contribution in [0, 0.1) is 5.41 Å². The third kappa shape index (κ3) is 1.94. The normalized spacial score (nSPS) is 24.0. The zero-order valence-electron chi connectivity index (χ0n) is 9.87. The fourth-order valence-electron chi connectivity index (χ4n) is 2.56. The van der Waals surface area contributed by atoms with E-state index < -0.39 is 0 Å². The molecule has 6 heteroatoms. The number of hydrogen-bond donors (Lipinski definition) is 1. The zero-order chi connectivity index (χ0) is 12.6. The molecule has 6 nitrogen and oxygen atoms in total. The molecule has 1 unspecified atom stereocenters. The van der Waals surface area contributed by atoms with Gasteiger partial charge in [0.2, 0.25) is 12.3 Å². The van der Waals surface area contributed by atoms with Crippen molar-refractivity contribution in [2.45, 2.75) is 25.3 Å². The molecule has 1 aliphatic heterocycles. The predicted octanol–water partition coefficient (Wildman–Crippen LogP) is 0.426. The van der Waals surface area contributed by atoms with Gasteiger partial charge in [0.1, 0.15) is 6.04 Å². The number of likely N-dealkylation sites (tertiary alicyclic amines) is 1. The summed E-state index contributed by atoms with van der Waals surface area (Å²) in [6.07, 6.45) is 8.32. The second kappa shape index (κ2) is 4.04. The highest BCUT2D eigenvalue weighted by Crippen LogP contribution is 2.54. The maximum atomic E-state index is 12.1. The summed E-state index contributed by atoms with van der Waals surface area (Å²) in [5.41, 5.74) is 0.214. The highest BCUT2D eigenvalue weighted by atomic mass is 16.2. The van der Waals surface area contributed by atoms with Gasteiger partial charge in [-0.15, -0.1) is 0 Å². The van der Waals surface area contributed by atoms with Crippen LogP contribution in [0.2, 0.25) is 0 Å². The number of aromatic nitrogens is 2. The molecule has 1 aromatic heterocycles. The number of anilines is 1. The number of carbonyl (C=O) groups is 2. The van der Waals surface area contributed by atoms with Crippen molar-refractivity contribution < 1.29 is 9.59 Å². The molecular formula is C12H14N4O2.